The van der Waals surface area contributed by atoms with E-state index in [0.717, 1.165) is 11.3 Å². The summed E-state index contributed by atoms with van der Waals surface area (Å²) in [6.45, 7) is 1.21. The lowest BCUT2D eigenvalue weighted by Gasteiger charge is -2.37. The van der Waals surface area contributed by atoms with Gasteiger partial charge in [-0.3, -0.25) is 4.79 Å². The van der Waals surface area contributed by atoms with Crippen LogP contribution in [0, 0.1) is 0 Å². The highest BCUT2D eigenvalue weighted by atomic mass is 32.1. The average molecular weight is 354 g/mol. The van der Waals surface area contributed by atoms with Gasteiger partial charge in [-0.05, 0) is 29.6 Å². The van der Waals surface area contributed by atoms with Crippen LogP contribution in [0.2, 0.25) is 0 Å². The Balaban J connectivity index is 1.42. The van der Waals surface area contributed by atoms with Gasteiger partial charge in [0.2, 0.25) is 11.7 Å². The van der Waals surface area contributed by atoms with E-state index >= 15 is 0 Å². The summed E-state index contributed by atoms with van der Waals surface area (Å²) in [6, 6.07) is 9.62. The third kappa shape index (κ3) is 3.02. The third-order valence-electron chi connectivity index (χ3n) is 4.35. The molecule has 25 heavy (non-hydrogen) atoms. The summed E-state index contributed by atoms with van der Waals surface area (Å²) in [5.41, 5.74) is 2.68. The highest BCUT2D eigenvalue weighted by Crippen LogP contribution is 2.29. The van der Waals surface area contributed by atoms with Gasteiger partial charge >= 0.3 is 0 Å². The fourth-order valence-corrected chi connectivity index (χ4v) is 3.44. The Labute approximate surface area is 149 Å². The van der Waals surface area contributed by atoms with Crippen LogP contribution >= 0.6 is 11.3 Å². The van der Waals surface area contributed by atoms with E-state index < -0.39 is 0 Å². The van der Waals surface area contributed by atoms with Gasteiger partial charge in [0.25, 0.3) is 5.91 Å². The summed E-state index contributed by atoms with van der Waals surface area (Å²) in [6.07, 6.45) is 0. The zero-order valence-corrected chi connectivity index (χ0v) is 14.9. The lowest BCUT2D eigenvalue weighted by molar-refractivity contribution is 0.0569. The maximum Gasteiger partial charge on any atom is 0.253 e. The van der Waals surface area contributed by atoms with Gasteiger partial charge in [0, 0.05) is 49.4 Å². The van der Waals surface area contributed by atoms with Crippen LogP contribution in [0.5, 0.6) is 0 Å². The van der Waals surface area contributed by atoms with Crippen LogP contribution in [0.15, 0.2) is 45.6 Å². The molecule has 0 radical (unpaired) electrons. The van der Waals surface area contributed by atoms with Gasteiger partial charge in [0.1, 0.15) is 0 Å². The van der Waals surface area contributed by atoms with Gasteiger partial charge < -0.3 is 14.3 Å². The summed E-state index contributed by atoms with van der Waals surface area (Å²) < 4.78 is 5.38. The maximum absolute atomic E-state index is 12.6. The number of aromatic nitrogens is 2. The van der Waals surface area contributed by atoms with Crippen molar-refractivity contribution in [3.05, 3.63) is 52.5 Å². The van der Waals surface area contributed by atoms with Crippen molar-refractivity contribution in [2.45, 2.75) is 5.92 Å². The number of carbonyl (C=O) groups excluding carboxylic acids is 1. The number of amides is 1. The number of hydrogen-bond acceptors (Lipinski definition) is 6. The highest BCUT2D eigenvalue weighted by Gasteiger charge is 2.36. The number of likely N-dealkylation sites (tertiary alicyclic amines) is 1. The van der Waals surface area contributed by atoms with E-state index in [4.69, 9.17) is 4.52 Å². The van der Waals surface area contributed by atoms with Gasteiger partial charge in [-0.15, -0.1) is 0 Å². The molecule has 4 rings (SSSR count). The first-order chi connectivity index (χ1) is 12.1. The van der Waals surface area contributed by atoms with Crippen molar-refractivity contribution in [1.29, 1.82) is 0 Å². The standard InChI is InChI=1S/C18H18N4O2S/c1-21(2)15-5-3-4-12(8-15)18(23)22-9-14(10-22)17-19-16(20-24-17)13-6-7-25-11-13/h3-8,11,14H,9-10H2,1-2H3. The molecule has 7 heteroatoms. The normalized spacial score (nSPS) is 14.4. The minimum absolute atomic E-state index is 0.0394. The molecule has 1 saturated heterocycles. The second kappa shape index (κ2) is 6.33. The smallest absolute Gasteiger partial charge is 0.253 e. The molecule has 0 spiro atoms. The predicted octanol–water partition coefficient (Wildman–Crippen LogP) is 3.10. The molecule has 6 nitrogen and oxygen atoms in total. The topological polar surface area (TPSA) is 62.5 Å². The Morgan fingerprint density at radius 3 is 2.88 bits per heavy atom. The van der Waals surface area contributed by atoms with Crippen LogP contribution in [-0.4, -0.2) is 48.1 Å². The zero-order valence-electron chi connectivity index (χ0n) is 14.0. The van der Waals surface area contributed by atoms with Crippen LogP contribution < -0.4 is 4.90 Å². The van der Waals surface area contributed by atoms with Crippen LogP contribution in [0.25, 0.3) is 11.4 Å². The molecular weight excluding hydrogens is 336 g/mol. The number of thiophene rings is 1. The van der Waals surface area contributed by atoms with Crippen molar-refractivity contribution < 1.29 is 9.32 Å². The lowest BCUT2D eigenvalue weighted by Crippen LogP contribution is -2.48. The minimum Gasteiger partial charge on any atom is -0.378 e. The fraction of sp³-hybridized carbons (Fsp3) is 0.278. The summed E-state index contributed by atoms with van der Waals surface area (Å²) in [5, 5.41) is 8.00. The Kier molecular flexibility index (Phi) is 4.01. The van der Waals surface area contributed by atoms with Crippen molar-refractivity contribution in [1.82, 2.24) is 15.0 Å². The van der Waals surface area contributed by atoms with E-state index in [1.165, 1.54) is 0 Å². The largest absolute Gasteiger partial charge is 0.378 e. The molecule has 3 aromatic rings. The number of carbonyl (C=O) groups is 1. The van der Waals surface area contributed by atoms with Crippen LogP contribution in [0.3, 0.4) is 0 Å². The van der Waals surface area contributed by atoms with E-state index in [9.17, 15) is 4.79 Å². The van der Waals surface area contributed by atoms with Crippen molar-refractivity contribution >= 4 is 22.9 Å². The minimum atomic E-state index is 0.0394. The molecule has 0 unspecified atom stereocenters. The summed E-state index contributed by atoms with van der Waals surface area (Å²) in [5.74, 6) is 1.37. The van der Waals surface area contributed by atoms with Crippen molar-refractivity contribution in [2.75, 3.05) is 32.1 Å². The van der Waals surface area contributed by atoms with Crippen molar-refractivity contribution in [3.63, 3.8) is 0 Å². The summed E-state index contributed by atoms with van der Waals surface area (Å²) >= 11 is 1.60. The maximum atomic E-state index is 12.6. The molecule has 0 N–H and O–H groups in total. The molecular formula is C18H18N4O2S. The number of nitrogens with zero attached hydrogens (tertiary/aromatic N) is 4. The first-order valence-electron chi connectivity index (χ1n) is 8.04. The number of hydrogen-bond donors (Lipinski definition) is 0. The molecule has 0 bridgehead atoms. The first-order valence-corrected chi connectivity index (χ1v) is 8.99. The molecule has 1 aromatic carbocycles. The molecule has 2 aromatic heterocycles. The van der Waals surface area contributed by atoms with Crippen LogP contribution in [-0.2, 0) is 0 Å². The van der Waals surface area contributed by atoms with Gasteiger partial charge in [0.15, 0.2) is 0 Å². The van der Waals surface area contributed by atoms with Crippen LogP contribution in [0.1, 0.15) is 22.2 Å². The molecule has 1 aliphatic heterocycles. The quantitative estimate of drug-likeness (QED) is 0.720. The summed E-state index contributed by atoms with van der Waals surface area (Å²) in [4.78, 5) is 20.9. The Bertz CT molecular complexity index is 882. The monoisotopic (exact) mass is 354 g/mol. The highest BCUT2D eigenvalue weighted by molar-refractivity contribution is 7.08. The van der Waals surface area contributed by atoms with E-state index in [0.29, 0.717) is 30.4 Å². The molecule has 3 heterocycles. The Morgan fingerprint density at radius 2 is 2.16 bits per heavy atom. The Morgan fingerprint density at radius 1 is 1.32 bits per heavy atom. The molecule has 1 aliphatic rings. The molecule has 0 saturated carbocycles. The predicted molar refractivity (Wildman–Crippen MR) is 97.0 cm³/mol. The molecule has 1 amide bonds. The lowest BCUT2D eigenvalue weighted by atomic mass is 9.98. The number of rotatable bonds is 4. The van der Waals surface area contributed by atoms with Gasteiger partial charge in [0.05, 0.1) is 5.92 Å². The van der Waals surface area contributed by atoms with E-state index in [-0.39, 0.29) is 11.8 Å². The average Bonchev–Trinajstić information content (AvgIpc) is 3.25. The van der Waals surface area contributed by atoms with Crippen molar-refractivity contribution in [3.8, 4) is 11.4 Å². The summed E-state index contributed by atoms with van der Waals surface area (Å²) in [7, 11) is 3.92. The molecule has 0 atom stereocenters. The fourth-order valence-electron chi connectivity index (χ4n) is 2.81. The van der Waals surface area contributed by atoms with Crippen molar-refractivity contribution in [2.24, 2.45) is 0 Å². The second-order valence-corrected chi connectivity index (χ2v) is 7.10. The van der Waals surface area contributed by atoms with Crippen LogP contribution in [0.4, 0.5) is 5.69 Å². The SMILES string of the molecule is CN(C)c1cccc(C(=O)N2CC(c3nc(-c4ccsc4)no3)C2)c1. The van der Waals surface area contributed by atoms with E-state index in [1.54, 1.807) is 11.3 Å². The third-order valence-corrected chi connectivity index (χ3v) is 5.03. The van der Waals surface area contributed by atoms with E-state index in [2.05, 4.69) is 10.1 Å². The molecule has 0 aliphatic carbocycles. The Hall–Kier alpha value is -2.67. The van der Waals surface area contributed by atoms with Gasteiger partial charge in [-0.25, -0.2) is 0 Å². The molecule has 128 valence electrons. The second-order valence-electron chi connectivity index (χ2n) is 6.32. The molecule has 1 fully saturated rings. The van der Waals surface area contributed by atoms with E-state index in [1.807, 2.05) is 65.0 Å². The zero-order chi connectivity index (χ0) is 17.4. The van der Waals surface area contributed by atoms with Gasteiger partial charge in [-0.2, -0.15) is 16.3 Å². The number of anilines is 1. The first kappa shape index (κ1) is 15.8. The number of benzene rings is 1. The van der Waals surface area contributed by atoms with Gasteiger partial charge in [-0.1, -0.05) is 11.2 Å².